The first-order valence-electron chi connectivity index (χ1n) is 7.54. The molecule has 0 aliphatic carbocycles. The van der Waals surface area contributed by atoms with Crippen LogP contribution in [0.5, 0.6) is 0 Å². The standard InChI is InChI=1S/C17H16N4O4S/c1-26(24,25)21-13-8-4-5-10-15(22)9-14(19-16(10)13)17(23)20-12-7-3-2-6-11(12)18/h2-9,21H,18H2,1H3,(H,19,22)(H,20,23). The molecule has 0 aliphatic rings. The van der Waals surface area contributed by atoms with Gasteiger partial charge in [-0.15, -0.1) is 0 Å². The number of benzene rings is 2. The van der Waals surface area contributed by atoms with Crippen LogP contribution in [0.15, 0.2) is 53.3 Å². The second-order valence-corrected chi connectivity index (χ2v) is 7.44. The number of anilines is 3. The van der Waals surface area contributed by atoms with Crippen molar-refractivity contribution >= 4 is 43.9 Å². The van der Waals surface area contributed by atoms with Gasteiger partial charge >= 0.3 is 0 Å². The molecule has 2 aromatic carbocycles. The maximum absolute atomic E-state index is 12.5. The van der Waals surface area contributed by atoms with Crippen LogP contribution >= 0.6 is 0 Å². The number of aromatic amines is 1. The van der Waals surface area contributed by atoms with Gasteiger partial charge in [0.2, 0.25) is 10.0 Å². The first kappa shape index (κ1) is 17.5. The molecule has 0 fully saturated rings. The van der Waals surface area contributed by atoms with Crippen LogP contribution < -0.4 is 21.2 Å². The summed E-state index contributed by atoms with van der Waals surface area (Å²) in [6.45, 7) is 0. The number of nitrogen functional groups attached to an aromatic ring is 1. The zero-order valence-electron chi connectivity index (χ0n) is 13.7. The number of hydrogen-bond acceptors (Lipinski definition) is 5. The summed E-state index contributed by atoms with van der Waals surface area (Å²) in [6, 6.07) is 12.4. The van der Waals surface area contributed by atoms with Crippen LogP contribution in [0.1, 0.15) is 10.5 Å². The quantitative estimate of drug-likeness (QED) is 0.518. The van der Waals surface area contributed by atoms with Gasteiger partial charge in [0.1, 0.15) is 5.69 Å². The minimum Gasteiger partial charge on any atom is -0.397 e. The minimum atomic E-state index is -3.56. The highest BCUT2D eigenvalue weighted by Gasteiger charge is 2.14. The van der Waals surface area contributed by atoms with Crippen LogP contribution in [0.3, 0.4) is 0 Å². The molecule has 0 radical (unpaired) electrons. The fourth-order valence-corrected chi connectivity index (χ4v) is 3.05. The zero-order valence-corrected chi connectivity index (χ0v) is 14.6. The van der Waals surface area contributed by atoms with Crippen LogP contribution in [0.4, 0.5) is 17.1 Å². The number of para-hydroxylation sites is 3. The summed E-state index contributed by atoms with van der Waals surface area (Å²) in [4.78, 5) is 27.6. The molecule has 8 nitrogen and oxygen atoms in total. The van der Waals surface area contributed by atoms with Crippen molar-refractivity contribution in [1.82, 2.24) is 4.98 Å². The van der Waals surface area contributed by atoms with E-state index >= 15 is 0 Å². The third-order valence-electron chi connectivity index (χ3n) is 3.61. The number of pyridine rings is 1. The second-order valence-electron chi connectivity index (χ2n) is 5.69. The first-order valence-corrected chi connectivity index (χ1v) is 9.43. The van der Waals surface area contributed by atoms with Crippen molar-refractivity contribution in [1.29, 1.82) is 0 Å². The lowest BCUT2D eigenvalue weighted by molar-refractivity contribution is 0.102. The Morgan fingerprint density at radius 3 is 2.46 bits per heavy atom. The highest BCUT2D eigenvalue weighted by atomic mass is 32.2. The summed E-state index contributed by atoms with van der Waals surface area (Å²) in [5.74, 6) is -0.573. The molecule has 1 amide bonds. The van der Waals surface area contributed by atoms with E-state index in [1.165, 1.54) is 6.07 Å². The van der Waals surface area contributed by atoms with Crippen molar-refractivity contribution in [3.8, 4) is 0 Å². The van der Waals surface area contributed by atoms with E-state index in [9.17, 15) is 18.0 Å². The Kier molecular flexibility index (Phi) is 4.39. The number of carbonyl (C=O) groups excluding carboxylic acids is 1. The fourth-order valence-electron chi connectivity index (χ4n) is 2.48. The molecule has 134 valence electrons. The predicted octanol–water partition coefficient (Wildman–Crippen LogP) is 1.73. The van der Waals surface area contributed by atoms with Gasteiger partial charge in [0.15, 0.2) is 5.43 Å². The van der Waals surface area contributed by atoms with E-state index < -0.39 is 21.4 Å². The minimum absolute atomic E-state index is 0.0199. The van der Waals surface area contributed by atoms with Gasteiger partial charge in [-0.25, -0.2) is 8.42 Å². The number of rotatable bonds is 4. The molecule has 0 aliphatic heterocycles. The average molecular weight is 372 g/mol. The maximum Gasteiger partial charge on any atom is 0.272 e. The lowest BCUT2D eigenvalue weighted by Crippen LogP contribution is -2.18. The van der Waals surface area contributed by atoms with E-state index in [0.29, 0.717) is 11.4 Å². The van der Waals surface area contributed by atoms with Crippen molar-refractivity contribution in [2.75, 3.05) is 22.0 Å². The Morgan fingerprint density at radius 1 is 1.08 bits per heavy atom. The van der Waals surface area contributed by atoms with Gasteiger partial charge in [0.25, 0.3) is 5.91 Å². The molecular weight excluding hydrogens is 356 g/mol. The van der Waals surface area contributed by atoms with Crippen LogP contribution in [0.25, 0.3) is 10.9 Å². The number of aromatic nitrogens is 1. The largest absolute Gasteiger partial charge is 0.397 e. The van der Waals surface area contributed by atoms with Crippen molar-refractivity contribution < 1.29 is 13.2 Å². The summed E-state index contributed by atoms with van der Waals surface area (Å²) in [6.07, 6.45) is 0.999. The Labute approximate surface area is 149 Å². The van der Waals surface area contributed by atoms with Crippen molar-refractivity contribution in [2.24, 2.45) is 0 Å². The highest BCUT2D eigenvalue weighted by Crippen LogP contribution is 2.21. The molecule has 0 unspecified atom stereocenters. The van der Waals surface area contributed by atoms with Crippen LogP contribution in [0, 0.1) is 0 Å². The molecular formula is C17H16N4O4S. The Hall–Kier alpha value is -3.33. The van der Waals surface area contributed by atoms with Gasteiger partial charge in [-0.05, 0) is 24.3 Å². The zero-order chi connectivity index (χ0) is 18.9. The van der Waals surface area contributed by atoms with Crippen LogP contribution in [-0.4, -0.2) is 25.6 Å². The van der Waals surface area contributed by atoms with Crippen molar-refractivity contribution in [3.63, 3.8) is 0 Å². The number of carbonyl (C=O) groups is 1. The molecule has 3 aromatic rings. The fraction of sp³-hybridized carbons (Fsp3) is 0.0588. The molecule has 0 saturated heterocycles. The third kappa shape index (κ3) is 3.67. The molecule has 9 heteroatoms. The van der Waals surface area contributed by atoms with Gasteiger partial charge < -0.3 is 16.0 Å². The van der Waals surface area contributed by atoms with Gasteiger partial charge in [-0.3, -0.25) is 14.3 Å². The average Bonchev–Trinajstić information content (AvgIpc) is 2.56. The van der Waals surface area contributed by atoms with E-state index in [-0.39, 0.29) is 22.3 Å². The number of amides is 1. The number of nitrogens with two attached hydrogens (primary N) is 1. The monoisotopic (exact) mass is 372 g/mol. The normalized spacial score (nSPS) is 11.3. The Bertz CT molecular complexity index is 1170. The van der Waals surface area contributed by atoms with E-state index in [1.54, 1.807) is 36.4 Å². The van der Waals surface area contributed by atoms with Gasteiger partial charge in [0, 0.05) is 11.5 Å². The summed E-state index contributed by atoms with van der Waals surface area (Å²) >= 11 is 0. The topological polar surface area (TPSA) is 134 Å². The summed E-state index contributed by atoms with van der Waals surface area (Å²) in [5, 5.41) is 2.87. The molecule has 0 bridgehead atoms. The van der Waals surface area contributed by atoms with Gasteiger partial charge in [-0.2, -0.15) is 0 Å². The Balaban J connectivity index is 2.07. The SMILES string of the molecule is CS(=O)(=O)Nc1cccc2c(=O)cc(C(=O)Nc3ccccc3N)[nH]c12. The molecule has 0 spiro atoms. The van der Waals surface area contributed by atoms with E-state index in [0.717, 1.165) is 12.3 Å². The summed E-state index contributed by atoms with van der Waals surface area (Å²) in [7, 11) is -3.56. The maximum atomic E-state index is 12.5. The number of hydrogen-bond donors (Lipinski definition) is 4. The molecule has 3 rings (SSSR count). The molecule has 0 atom stereocenters. The molecule has 26 heavy (non-hydrogen) atoms. The highest BCUT2D eigenvalue weighted by molar-refractivity contribution is 7.92. The first-order chi connectivity index (χ1) is 12.2. The predicted molar refractivity (Wildman–Crippen MR) is 102 cm³/mol. The van der Waals surface area contributed by atoms with E-state index in [2.05, 4.69) is 15.0 Å². The molecule has 0 saturated carbocycles. The summed E-state index contributed by atoms with van der Waals surface area (Å²) < 4.78 is 25.4. The lowest BCUT2D eigenvalue weighted by Gasteiger charge is -2.11. The number of fused-ring (bicyclic) bond motifs is 1. The molecule has 1 heterocycles. The van der Waals surface area contributed by atoms with Crippen molar-refractivity contribution in [2.45, 2.75) is 0 Å². The van der Waals surface area contributed by atoms with Crippen LogP contribution in [0.2, 0.25) is 0 Å². The molecule has 1 aromatic heterocycles. The lowest BCUT2D eigenvalue weighted by atomic mass is 10.1. The van der Waals surface area contributed by atoms with Gasteiger partial charge in [-0.1, -0.05) is 18.2 Å². The van der Waals surface area contributed by atoms with Crippen molar-refractivity contribution in [3.05, 3.63) is 64.4 Å². The number of H-pyrrole nitrogens is 1. The third-order valence-corrected chi connectivity index (χ3v) is 4.20. The smallest absolute Gasteiger partial charge is 0.272 e. The number of sulfonamides is 1. The van der Waals surface area contributed by atoms with E-state index in [4.69, 9.17) is 5.73 Å². The van der Waals surface area contributed by atoms with Gasteiger partial charge in [0.05, 0.1) is 28.8 Å². The second kappa shape index (κ2) is 6.52. The Morgan fingerprint density at radius 2 is 1.77 bits per heavy atom. The summed E-state index contributed by atoms with van der Waals surface area (Å²) in [5.41, 5.74) is 6.54. The molecule has 5 N–H and O–H groups in total. The van der Waals surface area contributed by atoms with Crippen LogP contribution in [-0.2, 0) is 10.0 Å². The number of nitrogens with one attached hydrogen (secondary N) is 3. The van der Waals surface area contributed by atoms with E-state index in [1.807, 2.05) is 0 Å².